The Labute approximate surface area is 171 Å². The Kier molecular flexibility index (Phi) is 5.05. The molecule has 0 bridgehead atoms. The van der Waals surface area contributed by atoms with Gasteiger partial charge >= 0.3 is 0 Å². The van der Waals surface area contributed by atoms with Crippen molar-refractivity contribution in [3.8, 4) is 5.82 Å². The minimum absolute atomic E-state index is 0.0978. The second-order valence-electron chi connectivity index (χ2n) is 7.60. The topological polar surface area (TPSA) is 67.2 Å². The highest BCUT2D eigenvalue weighted by Crippen LogP contribution is 2.19. The van der Waals surface area contributed by atoms with E-state index in [0.717, 1.165) is 47.2 Å². The molecule has 0 atom stereocenters. The highest BCUT2D eigenvalue weighted by molar-refractivity contribution is 5.94. The third-order valence-electron chi connectivity index (χ3n) is 5.78. The number of aryl methyl sites for hydroxylation is 3. The Hall–Kier alpha value is -3.22. The van der Waals surface area contributed by atoms with Crippen LogP contribution in [0.25, 0.3) is 5.82 Å². The summed E-state index contributed by atoms with van der Waals surface area (Å²) in [5.41, 5.74) is 5.17. The summed E-state index contributed by atoms with van der Waals surface area (Å²) in [6.45, 7) is 11.0. The van der Waals surface area contributed by atoms with E-state index in [1.54, 1.807) is 12.7 Å². The maximum absolute atomic E-state index is 12.9. The van der Waals surface area contributed by atoms with Crippen LogP contribution in [0.3, 0.4) is 0 Å². The molecule has 1 aromatic carbocycles. The number of anilines is 1. The molecule has 0 N–H and O–H groups in total. The van der Waals surface area contributed by atoms with Crippen LogP contribution < -0.4 is 4.90 Å². The molecule has 0 saturated carbocycles. The first-order valence-electron chi connectivity index (χ1n) is 9.88. The fraction of sp³-hybridized carbons (Fsp3) is 0.364. The first-order valence-corrected chi connectivity index (χ1v) is 9.88. The zero-order valence-corrected chi connectivity index (χ0v) is 17.4. The summed E-state index contributed by atoms with van der Waals surface area (Å²) in [6, 6.07) is 7.90. The number of imidazole rings is 1. The average Bonchev–Trinajstić information content (AvgIpc) is 3.08. The van der Waals surface area contributed by atoms with Crippen molar-refractivity contribution in [1.82, 2.24) is 24.4 Å². The van der Waals surface area contributed by atoms with Gasteiger partial charge in [-0.05, 0) is 51.0 Å². The molecular weight excluding hydrogens is 364 g/mol. The van der Waals surface area contributed by atoms with Crippen LogP contribution in [0.1, 0.15) is 32.9 Å². The van der Waals surface area contributed by atoms with Gasteiger partial charge in [0.25, 0.3) is 5.91 Å². The monoisotopic (exact) mass is 390 g/mol. The number of amides is 1. The van der Waals surface area contributed by atoms with E-state index >= 15 is 0 Å². The number of carbonyl (C=O) groups is 1. The standard InChI is InChI=1S/C22H26N6O/c1-15-5-6-19(11-16(15)2)22(29)27-9-7-26(8-10-27)20-12-21(24-13-23-20)28-14-25-17(3)18(28)4/h5-6,11-14H,7-10H2,1-4H3. The molecule has 7 nitrogen and oxygen atoms in total. The van der Waals surface area contributed by atoms with Crippen molar-refractivity contribution in [1.29, 1.82) is 0 Å². The molecule has 2 aromatic heterocycles. The van der Waals surface area contributed by atoms with Crippen molar-refractivity contribution in [3.05, 3.63) is 65.0 Å². The minimum atomic E-state index is 0.0978. The van der Waals surface area contributed by atoms with Crippen LogP contribution in [0.2, 0.25) is 0 Å². The van der Waals surface area contributed by atoms with Crippen LogP contribution in [0, 0.1) is 27.7 Å². The molecule has 7 heteroatoms. The Bertz CT molecular complexity index is 1050. The van der Waals surface area contributed by atoms with Gasteiger partial charge in [0.2, 0.25) is 0 Å². The fourth-order valence-corrected chi connectivity index (χ4v) is 3.57. The molecule has 0 radical (unpaired) electrons. The van der Waals surface area contributed by atoms with E-state index in [4.69, 9.17) is 0 Å². The average molecular weight is 390 g/mol. The third-order valence-corrected chi connectivity index (χ3v) is 5.78. The number of rotatable bonds is 3. The lowest BCUT2D eigenvalue weighted by molar-refractivity contribution is 0.0746. The predicted octanol–water partition coefficient (Wildman–Crippen LogP) is 2.86. The zero-order chi connectivity index (χ0) is 20.5. The second-order valence-corrected chi connectivity index (χ2v) is 7.60. The smallest absolute Gasteiger partial charge is 0.253 e. The van der Waals surface area contributed by atoms with Crippen LogP contribution in [-0.2, 0) is 0 Å². The van der Waals surface area contributed by atoms with Crippen LogP contribution >= 0.6 is 0 Å². The fourth-order valence-electron chi connectivity index (χ4n) is 3.57. The van der Waals surface area contributed by atoms with Gasteiger partial charge in [0.05, 0.1) is 5.69 Å². The first kappa shape index (κ1) is 19.1. The summed E-state index contributed by atoms with van der Waals surface area (Å²) in [5.74, 6) is 1.78. The summed E-state index contributed by atoms with van der Waals surface area (Å²) < 4.78 is 1.97. The van der Waals surface area contributed by atoms with Crippen molar-refractivity contribution in [3.63, 3.8) is 0 Å². The summed E-state index contributed by atoms with van der Waals surface area (Å²) in [6.07, 6.45) is 3.38. The van der Waals surface area contributed by atoms with Crippen LogP contribution in [0.4, 0.5) is 5.82 Å². The van der Waals surface area contributed by atoms with Gasteiger partial charge in [0.15, 0.2) is 0 Å². The lowest BCUT2D eigenvalue weighted by Gasteiger charge is -2.35. The second kappa shape index (κ2) is 7.66. The Morgan fingerprint density at radius 1 is 0.862 bits per heavy atom. The summed E-state index contributed by atoms with van der Waals surface area (Å²) >= 11 is 0. The number of hydrogen-bond donors (Lipinski definition) is 0. The summed E-state index contributed by atoms with van der Waals surface area (Å²) in [5, 5.41) is 0. The van der Waals surface area contributed by atoms with E-state index in [0.29, 0.717) is 13.1 Å². The van der Waals surface area contributed by atoms with Crippen LogP contribution in [0.5, 0.6) is 0 Å². The normalized spacial score (nSPS) is 14.3. The molecule has 4 rings (SSSR count). The van der Waals surface area contributed by atoms with Gasteiger partial charge in [-0.3, -0.25) is 9.36 Å². The molecular formula is C22H26N6O. The number of aromatic nitrogens is 4. The number of carbonyl (C=O) groups excluding carboxylic acids is 1. The molecule has 29 heavy (non-hydrogen) atoms. The maximum Gasteiger partial charge on any atom is 0.253 e. The van der Waals surface area contributed by atoms with E-state index in [1.165, 1.54) is 5.56 Å². The molecule has 3 aromatic rings. The van der Waals surface area contributed by atoms with Gasteiger partial charge in [-0.25, -0.2) is 15.0 Å². The predicted molar refractivity (Wildman–Crippen MR) is 113 cm³/mol. The molecule has 0 unspecified atom stereocenters. The number of nitrogens with zero attached hydrogens (tertiary/aromatic N) is 6. The van der Waals surface area contributed by atoms with Crippen LogP contribution in [0.15, 0.2) is 36.9 Å². The van der Waals surface area contributed by atoms with Gasteiger partial charge < -0.3 is 9.80 Å². The van der Waals surface area contributed by atoms with Crippen LogP contribution in [-0.4, -0.2) is 56.5 Å². The molecule has 0 aliphatic carbocycles. The Morgan fingerprint density at radius 3 is 2.24 bits per heavy atom. The molecule has 1 amide bonds. The van der Waals surface area contributed by atoms with Crippen molar-refractivity contribution in [2.24, 2.45) is 0 Å². The third kappa shape index (κ3) is 3.72. The van der Waals surface area contributed by atoms with Gasteiger partial charge in [-0.1, -0.05) is 6.07 Å². The van der Waals surface area contributed by atoms with E-state index in [-0.39, 0.29) is 5.91 Å². The molecule has 1 aliphatic heterocycles. The molecule has 1 saturated heterocycles. The molecule has 1 fully saturated rings. The van der Waals surface area contributed by atoms with Crippen molar-refractivity contribution < 1.29 is 4.79 Å². The summed E-state index contributed by atoms with van der Waals surface area (Å²) in [4.78, 5) is 30.2. The van der Waals surface area contributed by atoms with Crippen molar-refractivity contribution >= 4 is 11.7 Å². The zero-order valence-electron chi connectivity index (χ0n) is 17.4. The lowest BCUT2D eigenvalue weighted by atomic mass is 10.1. The largest absolute Gasteiger partial charge is 0.353 e. The summed E-state index contributed by atoms with van der Waals surface area (Å²) in [7, 11) is 0. The lowest BCUT2D eigenvalue weighted by Crippen LogP contribution is -2.49. The van der Waals surface area contributed by atoms with Gasteiger partial charge in [0, 0.05) is 43.5 Å². The van der Waals surface area contributed by atoms with Crippen molar-refractivity contribution in [2.75, 3.05) is 31.1 Å². The van der Waals surface area contributed by atoms with E-state index in [2.05, 4.69) is 26.8 Å². The highest BCUT2D eigenvalue weighted by Gasteiger charge is 2.23. The van der Waals surface area contributed by atoms with E-state index in [1.807, 2.05) is 54.5 Å². The van der Waals surface area contributed by atoms with Gasteiger partial charge in [-0.15, -0.1) is 0 Å². The van der Waals surface area contributed by atoms with E-state index in [9.17, 15) is 4.79 Å². The van der Waals surface area contributed by atoms with E-state index < -0.39 is 0 Å². The molecule has 0 spiro atoms. The molecule has 3 heterocycles. The van der Waals surface area contributed by atoms with Gasteiger partial charge in [-0.2, -0.15) is 0 Å². The highest BCUT2D eigenvalue weighted by atomic mass is 16.2. The molecule has 150 valence electrons. The quantitative estimate of drug-likeness (QED) is 0.688. The van der Waals surface area contributed by atoms with Crippen molar-refractivity contribution in [2.45, 2.75) is 27.7 Å². The number of hydrogen-bond acceptors (Lipinski definition) is 5. The number of benzene rings is 1. The SMILES string of the molecule is Cc1ccc(C(=O)N2CCN(c3cc(-n4cnc(C)c4C)ncn3)CC2)cc1C. The Morgan fingerprint density at radius 2 is 1.59 bits per heavy atom. The van der Waals surface area contributed by atoms with Gasteiger partial charge in [0.1, 0.15) is 24.3 Å². The maximum atomic E-state index is 12.9. The number of piperazine rings is 1. The minimum Gasteiger partial charge on any atom is -0.353 e. The Balaban J connectivity index is 1.46. The first-order chi connectivity index (χ1) is 13.9. The molecule has 1 aliphatic rings.